The van der Waals surface area contributed by atoms with Gasteiger partial charge in [0.25, 0.3) is 10.0 Å². The Morgan fingerprint density at radius 2 is 1.90 bits per heavy atom. The Hall–Kier alpha value is -0.990. The van der Waals surface area contributed by atoms with Gasteiger partial charge in [0.1, 0.15) is 4.90 Å². The largest absolute Gasteiger partial charge is 0.398 e. The summed E-state index contributed by atoms with van der Waals surface area (Å²) in [6.07, 6.45) is 0. The van der Waals surface area contributed by atoms with Crippen LogP contribution in [0.2, 0.25) is 5.02 Å². The molecular formula is C11H15BrClN3O3S. The van der Waals surface area contributed by atoms with Crippen LogP contribution in [0.4, 0.5) is 10.5 Å². The third kappa shape index (κ3) is 4.53. The van der Waals surface area contributed by atoms with Crippen LogP contribution in [-0.2, 0) is 10.0 Å². The lowest BCUT2D eigenvalue weighted by molar-refractivity contribution is 0.237. The van der Waals surface area contributed by atoms with Gasteiger partial charge in [0, 0.05) is 16.2 Å². The molecule has 20 heavy (non-hydrogen) atoms. The first-order valence-corrected chi connectivity index (χ1v) is 8.17. The zero-order valence-corrected chi connectivity index (χ0v) is 14.3. The molecule has 0 saturated heterocycles. The first-order chi connectivity index (χ1) is 8.92. The fraction of sp³-hybridized carbons (Fsp3) is 0.364. The maximum Gasteiger partial charge on any atom is 0.329 e. The van der Waals surface area contributed by atoms with Crippen molar-refractivity contribution >= 4 is 49.3 Å². The molecule has 1 aromatic carbocycles. The Balaban J connectivity index is 3.10. The normalized spacial score (nSPS) is 12.1. The van der Waals surface area contributed by atoms with Gasteiger partial charge in [-0.2, -0.15) is 0 Å². The number of carbonyl (C=O) groups excluding carboxylic acids is 1. The molecule has 0 aliphatic rings. The third-order valence-corrected chi connectivity index (χ3v) is 4.76. The van der Waals surface area contributed by atoms with Crippen molar-refractivity contribution in [1.29, 1.82) is 0 Å². The topological polar surface area (TPSA) is 101 Å². The number of nitrogen functional groups attached to an aromatic ring is 1. The molecule has 0 fully saturated rings. The van der Waals surface area contributed by atoms with E-state index in [0.717, 1.165) is 0 Å². The van der Waals surface area contributed by atoms with Gasteiger partial charge in [0.2, 0.25) is 0 Å². The summed E-state index contributed by atoms with van der Waals surface area (Å²) < 4.78 is 26.3. The summed E-state index contributed by atoms with van der Waals surface area (Å²) in [5.41, 5.74) is 5.22. The van der Waals surface area contributed by atoms with E-state index < -0.39 is 21.6 Å². The Bertz CT molecular complexity index is 641. The number of sulfonamides is 1. The van der Waals surface area contributed by atoms with Gasteiger partial charge in [0.15, 0.2) is 0 Å². The Morgan fingerprint density at radius 1 is 1.35 bits per heavy atom. The molecule has 0 atom stereocenters. The number of carbonyl (C=O) groups is 1. The van der Waals surface area contributed by atoms with E-state index >= 15 is 0 Å². The van der Waals surface area contributed by atoms with Crippen LogP contribution in [0.15, 0.2) is 21.5 Å². The van der Waals surface area contributed by atoms with Crippen LogP contribution < -0.4 is 15.8 Å². The lowest BCUT2D eigenvalue weighted by atomic mass is 10.1. The molecule has 1 aromatic rings. The number of amides is 2. The van der Waals surface area contributed by atoms with Crippen molar-refractivity contribution in [2.75, 3.05) is 5.73 Å². The van der Waals surface area contributed by atoms with Crippen LogP contribution in [0, 0.1) is 0 Å². The van der Waals surface area contributed by atoms with Crippen molar-refractivity contribution in [1.82, 2.24) is 10.0 Å². The van der Waals surface area contributed by atoms with Crippen LogP contribution in [0.5, 0.6) is 0 Å². The predicted molar refractivity (Wildman–Crippen MR) is 82.2 cm³/mol. The number of anilines is 1. The quantitative estimate of drug-likeness (QED) is 0.682. The zero-order valence-electron chi connectivity index (χ0n) is 11.1. The SMILES string of the molecule is CC(C)(C)NC(=O)NS(=O)(=O)c1cc(Cl)cc(N)c1Br. The smallest absolute Gasteiger partial charge is 0.329 e. The van der Waals surface area contributed by atoms with Crippen molar-refractivity contribution in [2.24, 2.45) is 0 Å². The van der Waals surface area contributed by atoms with Crippen LogP contribution in [0.1, 0.15) is 20.8 Å². The average molecular weight is 385 g/mol. The van der Waals surface area contributed by atoms with Crippen LogP contribution in [0.3, 0.4) is 0 Å². The lowest BCUT2D eigenvalue weighted by Gasteiger charge is -2.21. The van der Waals surface area contributed by atoms with Crippen molar-refractivity contribution in [3.63, 3.8) is 0 Å². The molecule has 4 N–H and O–H groups in total. The number of hydrogen-bond acceptors (Lipinski definition) is 4. The fourth-order valence-corrected chi connectivity index (χ4v) is 3.52. The molecule has 112 valence electrons. The highest BCUT2D eigenvalue weighted by Gasteiger charge is 2.24. The molecule has 0 bridgehead atoms. The van der Waals surface area contributed by atoms with Gasteiger partial charge in [-0.25, -0.2) is 17.9 Å². The third-order valence-electron chi connectivity index (χ3n) is 2.04. The van der Waals surface area contributed by atoms with Crippen LogP contribution in [-0.4, -0.2) is 20.0 Å². The highest BCUT2D eigenvalue weighted by atomic mass is 79.9. The first kappa shape index (κ1) is 17.1. The van der Waals surface area contributed by atoms with Crippen molar-refractivity contribution < 1.29 is 13.2 Å². The molecule has 0 spiro atoms. The van der Waals surface area contributed by atoms with E-state index in [1.165, 1.54) is 12.1 Å². The van der Waals surface area contributed by atoms with Gasteiger partial charge >= 0.3 is 6.03 Å². The van der Waals surface area contributed by atoms with E-state index in [0.29, 0.717) is 0 Å². The molecule has 9 heteroatoms. The molecule has 0 saturated carbocycles. The maximum absolute atomic E-state index is 12.1. The number of nitrogens with one attached hydrogen (secondary N) is 2. The average Bonchev–Trinajstić information content (AvgIpc) is 2.19. The van der Waals surface area contributed by atoms with Crippen molar-refractivity contribution in [2.45, 2.75) is 31.2 Å². The van der Waals surface area contributed by atoms with Crippen LogP contribution >= 0.6 is 27.5 Å². The Labute approximate surface area is 131 Å². The monoisotopic (exact) mass is 383 g/mol. The fourth-order valence-electron chi connectivity index (χ4n) is 1.32. The standard InChI is InChI=1S/C11H15BrClN3O3S/c1-11(2,3)15-10(17)16-20(18,19)8-5-6(13)4-7(14)9(8)12/h4-5H,14H2,1-3H3,(H2,15,16,17). The Kier molecular flexibility index (Phi) is 4.94. The molecule has 0 unspecified atom stereocenters. The summed E-state index contributed by atoms with van der Waals surface area (Å²) in [4.78, 5) is 11.4. The molecule has 0 aliphatic heterocycles. The van der Waals surface area contributed by atoms with E-state index in [2.05, 4.69) is 21.2 Å². The van der Waals surface area contributed by atoms with E-state index in [-0.39, 0.29) is 20.1 Å². The van der Waals surface area contributed by atoms with Gasteiger partial charge in [-0.1, -0.05) is 11.6 Å². The molecule has 0 heterocycles. The summed E-state index contributed by atoms with van der Waals surface area (Å²) in [6, 6.07) is 1.78. The molecule has 0 radical (unpaired) electrons. The molecule has 6 nitrogen and oxygen atoms in total. The van der Waals surface area contributed by atoms with E-state index in [9.17, 15) is 13.2 Å². The van der Waals surface area contributed by atoms with Crippen molar-refractivity contribution in [3.05, 3.63) is 21.6 Å². The molecule has 0 aromatic heterocycles. The highest BCUT2D eigenvalue weighted by Crippen LogP contribution is 2.31. The van der Waals surface area contributed by atoms with Crippen molar-refractivity contribution in [3.8, 4) is 0 Å². The minimum atomic E-state index is -4.08. The number of hydrogen-bond donors (Lipinski definition) is 3. The second kappa shape index (κ2) is 5.79. The maximum atomic E-state index is 12.1. The van der Waals surface area contributed by atoms with E-state index in [4.69, 9.17) is 17.3 Å². The van der Waals surface area contributed by atoms with E-state index in [1.54, 1.807) is 20.8 Å². The number of benzene rings is 1. The van der Waals surface area contributed by atoms with Gasteiger partial charge in [-0.3, -0.25) is 0 Å². The second-order valence-corrected chi connectivity index (χ2v) is 8.00. The molecular weight excluding hydrogens is 370 g/mol. The number of nitrogens with two attached hydrogens (primary N) is 1. The number of urea groups is 1. The highest BCUT2D eigenvalue weighted by molar-refractivity contribution is 9.10. The Morgan fingerprint density at radius 3 is 2.40 bits per heavy atom. The first-order valence-electron chi connectivity index (χ1n) is 5.52. The van der Waals surface area contributed by atoms with Crippen LogP contribution in [0.25, 0.3) is 0 Å². The second-order valence-electron chi connectivity index (χ2n) is 5.12. The summed E-state index contributed by atoms with van der Waals surface area (Å²) in [6.45, 7) is 5.19. The number of rotatable bonds is 2. The minimum Gasteiger partial charge on any atom is -0.398 e. The van der Waals surface area contributed by atoms with E-state index in [1.807, 2.05) is 4.72 Å². The summed E-state index contributed by atoms with van der Waals surface area (Å²) in [5, 5.41) is 2.64. The minimum absolute atomic E-state index is 0.151. The summed E-state index contributed by atoms with van der Waals surface area (Å²) in [5.74, 6) is 0. The van der Waals surface area contributed by atoms with Gasteiger partial charge < -0.3 is 11.1 Å². The zero-order chi connectivity index (χ0) is 15.7. The van der Waals surface area contributed by atoms with Gasteiger partial charge in [-0.15, -0.1) is 0 Å². The summed E-state index contributed by atoms with van der Waals surface area (Å²) >= 11 is 8.84. The van der Waals surface area contributed by atoms with Gasteiger partial charge in [0.05, 0.1) is 4.47 Å². The van der Waals surface area contributed by atoms with Gasteiger partial charge in [-0.05, 0) is 48.8 Å². The predicted octanol–water partition coefficient (Wildman–Crippen LogP) is 2.47. The summed E-state index contributed by atoms with van der Waals surface area (Å²) in [7, 11) is -4.08. The molecule has 0 aliphatic carbocycles. The molecule has 2 amide bonds. The molecule has 1 rings (SSSR count). The lowest BCUT2D eigenvalue weighted by Crippen LogP contribution is -2.48. The number of halogens is 2.